The highest BCUT2D eigenvalue weighted by Gasteiger charge is 2.28. The molecule has 1 unspecified atom stereocenters. The Morgan fingerprint density at radius 2 is 2.05 bits per heavy atom. The van der Waals surface area contributed by atoms with E-state index in [0.717, 1.165) is 12.1 Å². The van der Waals surface area contributed by atoms with Gasteiger partial charge in [0.2, 0.25) is 0 Å². The van der Waals surface area contributed by atoms with Crippen molar-refractivity contribution in [2.45, 2.75) is 18.9 Å². The molecular weight excluding hydrogens is 258 g/mol. The van der Waals surface area contributed by atoms with E-state index in [1.165, 1.54) is 20.0 Å². The normalized spacial score (nSPS) is 15.6. The number of benzene rings is 1. The minimum Gasteiger partial charge on any atom is -0.497 e. The Kier molecular flexibility index (Phi) is 4.84. The molecule has 1 aliphatic rings. The van der Waals surface area contributed by atoms with Gasteiger partial charge < -0.3 is 19.5 Å². The Labute approximate surface area is 119 Å². The Morgan fingerprint density at radius 1 is 1.30 bits per heavy atom. The van der Waals surface area contributed by atoms with E-state index >= 15 is 0 Å². The van der Waals surface area contributed by atoms with Gasteiger partial charge in [-0.25, -0.2) is 4.79 Å². The minimum atomic E-state index is -0.513. The lowest BCUT2D eigenvalue weighted by Gasteiger charge is -2.19. The third kappa shape index (κ3) is 3.42. The third-order valence-corrected chi connectivity index (χ3v) is 3.50. The Balaban J connectivity index is 2.23. The molecule has 1 N–H and O–H groups in total. The van der Waals surface area contributed by atoms with Gasteiger partial charge in [-0.1, -0.05) is 0 Å². The van der Waals surface area contributed by atoms with Gasteiger partial charge in [0.05, 0.1) is 21.3 Å². The highest BCUT2D eigenvalue weighted by Crippen LogP contribution is 2.32. The van der Waals surface area contributed by atoms with Crippen molar-refractivity contribution < 1.29 is 19.0 Å². The molecule has 0 spiro atoms. The first-order valence-corrected chi connectivity index (χ1v) is 6.72. The summed E-state index contributed by atoms with van der Waals surface area (Å²) in [5.41, 5.74) is 0.765. The summed E-state index contributed by atoms with van der Waals surface area (Å²) in [6, 6.07) is 4.90. The molecule has 20 heavy (non-hydrogen) atoms. The SMILES string of the molecule is COC(=O)C(NCC1CC1)c1ccc(OC)cc1OC. The molecule has 0 saturated heterocycles. The van der Waals surface area contributed by atoms with E-state index in [2.05, 4.69) is 5.32 Å². The largest absolute Gasteiger partial charge is 0.497 e. The van der Waals surface area contributed by atoms with Crippen LogP contribution >= 0.6 is 0 Å². The lowest BCUT2D eigenvalue weighted by molar-refractivity contribution is -0.143. The van der Waals surface area contributed by atoms with Crippen molar-refractivity contribution in [3.63, 3.8) is 0 Å². The summed E-state index contributed by atoms with van der Waals surface area (Å²) in [5, 5.41) is 3.27. The molecule has 0 amide bonds. The van der Waals surface area contributed by atoms with Crippen molar-refractivity contribution >= 4 is 5.97 Å². The van der Waals surface area contributed by atoms with Gasteiger partial charge in [0, 0.05) is 11.6 Å². The summed E-state index contributed by atoms with van der Waals surface area (Å²) in [7, 11) is 4.56. The second-order valence-electron chi connectivity index (χ2n) is 4.92. The van der Waals surface area contributed by atoms with E-state index in [1.807, 2.05) is 12.1 Å². The molecule has 2 rings (SSSR count). The zero-order valence-electron chi connectivity index (χ0n) is 12.1. The number of rotatable bonds is 7. The predicted molar refractivity (Wildman–Crippen MR) is 75.0 cm³/mol. The first-order valence-electron chi connectivity index (χ1n) is 6.72. The topological polar surface area (TPSA) is 56.8 Å². The smallest absolute Gasteiger partial charge is 0.327 e. The quantitative estimate of drug-likeness (QED) is 0.773. The fourth-order valence-corrected chi connectivity index (χ4v) is 2.10. The Bertz CT molecular complexity index is 471. The van der Waals surface area contributed by atoms with Crippen molar-refractivity contribution in [2.75, 3.05) is 27.9 Å². The highest BCUT2D eigenvalue weighted by molar-refractivity contribution is 5.78. The Morgan fingerprint density at radius 3 is 2.60 bits per heavy atom. The summed E-state index contributed by atoms with van der Waals surface area (Å²) in [6.07, 6.45) is 2.45. The second kappa shape index (κ2) is 6.61. The van der Waals surface area contributed by atoms with E-state index in [4.69, 9.17) is 14.2 Å². The van der Waals surface area contributed by atoms with Gasteiger partial charge in [-0.3, -0.25) is 0 Å². The summed E-state index contributed by atoms with van der Waals surface area (Å²) in [6.45, 7) is 0.814. The van der Waals surface area contributed by atoms with Gasteiger partial charge in [-0.2, -0.15) is 0 Å². The monoisotopic (exact) mass is 279 g/mol. The van der Waals surface area contributed by atoms with Crippen LogP contribution in [0.3, 0.4) is 0 Å². The van der Waals surface area contributed by atoms with E-state index < -0.39 is 6.04 Å². The van der Waals surface area contributed by atoms with Gasteiger partial charge in [0.1, 0.15) is 17.5 Å². The maximum atomic E-state index is 12.0. The zero-order valence-corrected chi connectivity index (χ0v) is 12.1. The molecule has 1 aliphatic carbocycles. The van der Waals surface area contributed by atoms with Crippen LogP contribution in [-0.2, 0) is 9.53 Å². The summed E-state index contributed by atoms with van der Waals surface area (Å²) >= 11 is 0. The first kappa shape index (κ1) is 14.7. The number of carbonyl (C=O) groups is 1. The van der Waals surface area contributed by atoms with Crippen LogP contribution in [0.4, 0.5) is 0 Å². The van der Waals surface area contributed by atoms with Crippen LogP contribution in [0, 0.1) is 5.92 Å². The minimum absolute atomic E-state index is 0.311. The molecule has 0 aliphatic heterocycles. The van der Waals surface area contributed by atoms with E-state index in [9.17, 15) is 4.79 Å². The zero-order chi connectivity index (χ0) is 14.5. The van der Waals surface area contributed by atoms with Crippen LogP contribution < -0.4 is 14.8 Å². The van der Waals surface area contributed by atoms with Crippen molar-refractivity contribution in [1.82, 2.24) is 5.32 Å². The number of methoxy groups -OCH3 is 3. The lowest BCUT2D eigenvalue weighted by atomic mass is 10.0. The van der Waals surface area contributed by atoms with Crippen LogP contribution in [0.25, 0.3) is 0 Å². The molecule has 1 fully saturated rings. The van der Waals surface area contributed by atoms with Crippen molar-refractivity contribution in [3.8, 4) is 11.5 Å². The molecular formula is C15H21NO4. The molecule has 5 heteroatoms. The molecule has 0 radical (unpaired) electrons. The summed E-state index contributed by atoms with van der Waals surface area (Å²) < 4.78 is 15.4. The predicted octanol–water partition coefficient (Wildman–Crippen LogP) is 1.92. The average molecular weight is 279 g/mol. The second-order valence-corrected chi connectivity index (χ2v) is 4.92. The van der Waals surface area contributed by atoms with Gasteiger partial charge in [-0.05, 0) is 37.4 Å². The van der Waals surface area contributed by atoms with Crippen LogP contribution in [0.2, 0.25) is 0 Å². The maximum absolute atomic E-state index is 12.0. The van der Waals surface area contributed by atoms with Crippen LogP contribution in [0.1, 0.15) is 24.4 Å². The number of hydrogen-bond donors (Lipinski definition) is 1. The van der Waals surface area contributed by atoms with Gasteiger partial charge in [-0.15, -0.1) is 0 Å². The first-order chi connectivity index (χ1) is 9.69. The lowest BCUT2D eigenvalue weighted by Crippen LogP contribution is -2.31. The third-order valence-electron chi connectivity index (χ3n) is 3.50. The van der Waals surface area contributed by atoms with Crippen LogP contribution in [-0.4, -0.2) is 33.8 Å². The number of esters is 1. The summed E-state index contributed by atoms with van der Waals surface area (Å²) in [5.74, 6) is 1.67. The molecule has 0 heterocycles. The molecule has 1 aromatic carbocycles. The standard InChI is InChI=1S/C15H21NO4/c1-18-11-6-7-12(13(8-11)19-2)14(15(17)20-3)16-9-10-4-5-10/h6-8,10,14,16H,4-5,9H2,1-3H3. The Hall–Kier alpha value is -1.75. The number of carbonyl (C=O) groups excluding carboxylic acids is 1. The van der Waals surface area contributed by atoms with Crippen molar-refractivity contribution in [2.24, 2.45) is 5.92 Å². The molecule has 5 nitrogen and oxygen atoms in total. The van der Waals surface area contributed by atoms with Gasteiger partial charge in [0.15, 0.2) is 0 Å². The van der Waals surface area contributed by atoms with Crippen molar-refractivity contribution in [3.05, 3.63) is 23.8 Å². The van der Waals surface area contributed by atoms with Crippen LogP contribution in [0.5, 0.6) is 11.5 Å². The van der Waals surface area contributed by atoms with Gasteiger partial charge >= 0.3 is 5.97 Å². The molecule has 1 saturated carbocycles. The fraction of sp³-hybridized carbons (Fsp3) is 0.533. The van der Waals surface area contributed by atoms with E-state index in [-0.39, 0.29) is 5.97 Å². The molecule has 0 aromatic heterocycles. The maximum Gasteiger partial charge on any atom is 0.327 e. The highest BCUT2D eigenvalue weighted by atomic mass is 16.5. The molecule has 110 valence electrons. The fourth-order valence-electron chi connectivity index (χ4n) is 2.10. The number of hydrogen-bond acceptors (Lipinski definition) is 5. The molecule has 1 atom stereocenters. The number of nitrogens with one attached hydrogen (secondary N) is 1. The van der Waals surface area contributed by atoms with Gasteiger partial charge in [0.25, 0.3) is 0 Å². The van der Waals surface area contributed by atoms with Crippen LogP contribution in [0.15, 0.2) is 18.2 Å². The summed E-state index contributed by atoms with van der Waals surface area (Å²) in [4.78, 5) is 12.0. The average Bonchev–Trinajstić information content (AvgIpc) is 3.31. The van der Waals surface area contributed by atoms with E-state index in [0.29, 0.717) is 17.4 Å². The number of ether oxygens (including phenoxy) is 3. The molecule has 1 aromatic rings. The molecule has 0 bridgehead atoms. The van der Waals surface area contributed by atoms with E-state index in [1.54, 1.807) is 20.3 Å². The van der Waals surface area contributed by atoms with Crippen molar-refractivity contribution in [1.29, 1.82) is 0 Å².